The first-order valence-corrected chi connectivity index (χ1v) is 5.58. The van der Waals surface area contributed by atoms with E-state index in [0.29, 0.717) is 11.3 Å². The van der Waals surface area contributed by atoms with Crippen molar-refractivity contribution in [3.8, 4) is 0 Å². The monoisotopic (exact) mass is 236 g/mol. The van der Waals surface area contributed by atoms with E-state index in [4.69, 9.17) is 5.73 Å². The maximum atomic E-state index is 11.9. The second kappa shape index (κ2) is 4.54. The Morgan fingerprint density at radius 2 is 1.93 bits per heavy atom. The van der Waals surface area contributed by atoms with Crippen LogP contribution in [0.25, 0.3) is 0 Å². The Bertz CT molecular complexity index is 434. The largest absolute Gasteiger partial charge is 0.398 e. The van der Waals surface area contributed by atoms with Crippen molar-refractivity contribution in [3.63, 3.8) is 0 Å². The van der Waals surface area contributed by atoms with Gasteiger partial charge in [0.2, 0.25) is 0 Å². The third kappa shape index (κ3) is 3.14. The standard InChI is InChI=1S/C8H10F2N2O2S/c9-8(10)15(13,14)12-5-6-3-1-2-4-7(6)11/h1-4,8,12H,5,11H2. The first-order chi connectivity index (χ1) is 6.93. The Hall–Kier alpha value is -1.21. The molecule has 0 amide bonds. The van der Waals surface area contributed by atoms with Gasteiger partial charge in [-0.25, -0.2) is 13.1 Å². The number of hydrogen-bond donors (Lipinski definition) is 2. The maximum Gasteiger partial charge on any atom is 0.350 e. The summed E-state index contributed by atoms with van der Waals surface area (Å²) in [5.74, 6) is -3.43. The molecule has 0 saturated heterocycles. The summed E-state index contributed by atoms with van der Waals surface area (Å²) in [6, 6.07) is 6.43. The molecule has 0 spiro atoms. The molecular formula is C8H10F2N2O2S. The van der Waals surface area contributed by atoms with Gasteiger partial charge in [-0.1, -0.05) is 18.2 Å². The fraction of sp³-hybridized carbons (Fsp3) is 0.250. The van der Waals surface area contributed by atoms with E-state index in [-0.39, 0.29) is 6.54 Å². The van der Waals surface area contributed by atoms with Crippen LogP contribution in [0.4, 0.5) is 14.5 Å². The molecule has 4 nitrogen and oxygen atoms in total. The number of nitrogen functional groups attached to an aromatic ring is 1. The first-order valence-electron chi connectivity index (χ1n) is 4.03. The SMILES string of the molecule is Nc1ccccc1CNS(=O)(=O)C(F)F. The lowest BCUT2D eigenvalue weighted by Gasteiger charge is -2.07. The molecule has 0 saturated carbocycles. The summed E-state index contributed by atoms with van der Waals surface area (Å²) in [4.78, 5) is 0. The van der Waals surface area contributed by atoms with Crippen molar-refractivity contribution >= 4 is 15.7 Å². The smallest absolute Gasteiger partial charge is 0.350 e. The van der Waals surface area contributed by atoms with Gasteiger partial charge in [-0.15, -0.1) is 0 Å². The molecule has 0 radical (unpaired) electrons. The zero-order chi connectivity index (χ0) is 11.5. The van der Waals surface area contributed by atoms with Crippen molar-refractivity contribution in [1.82, 2.24) is 4.72 Å². The molecule has 1 aromatic carbocycles. The highest BCUT2D eigenvalue weighted by Gasteiger charge is 2.23. The van der Waals surface area contributed by atoms with Crippen LogP contribution in [0.5, 0.6) is 0 Å². The molecule has 0 fully saturated rings. The van der Waals surface area contributed by atoms with Crippen LogP contribution in [-0.2, 0) is 16.6 Å². The van der Waals surface area contributed by atoms with E-state index in [2.05, 4.69) is 0 Å². The summed E-state index contributed by atoms with van der Waals surface area (Å²) < 4.78 is 47.1. The van der Waals surface area contributed by atoms with Crippen molar-refractivity contribution in [2.45, 2.75) is 12.3 Å². The van der Waals surface area contributed by atoms with E-state index >= 15 is 0 Å². The molecule has 0 unspecified atom stereocenters. The molecule has 1 aromatic rings. The zero-order valence-corrected chi connectivity index (χ0v) is 8.47. The lowest BCUT2D eigenvalue weighted by Crippen LogP contribution is -2.29. The number of nitrogens with one attached hydrogen (secondary N) is 1. The molecule has 7 heteroatoms. The van der Waals surface area contributed by atoms with Crippen LogP contribution >= 0.6 is 0 Å². The highest BCUT2D eigenvalue weighted by atomic mass is 32.2. The van der Waals surface area contributed by atoms with Gasteiger partial charge in [0, 0.05) is 12.2 Å². The summed E-state index contributed by atoms with van der Waals surface area (Å²) in [5, 5.41) is 0. The van der Waals surface area contributed by atoms with Crippen LogP contribution in [0, 0.1) is 0 Å². The van der Waals surface area contributed by atoms with Gasteiger partial charge in [0.1, 0.15) is 0 Å². The van der Waals surface area contributed by atoms with E-state index in [1.165, 1.54) is 0 Å². The highest BCUT2D eigenvalue weighted by Crippen LogP contribution is 2.11. The summed E-state index contributed by atoms with van der Waals surface area (Å²) in [6.07, 6.45) is 0. The predicted octanol–water partition coefficient (Wildman–Crippen LogP) is 0.911. The molecule has 1 rings (SSSR count). The number of rotatable bonds is 4. The van der Waals surface area contributed by atoms with Gasteiger partial charge < -0.3 is 5.73 Å². The summed E-state index contributed by atoms with van der Waals surface area (Å²) in [7, 11) is -4.55. The number of hydrogen-bond acceptors (Lipinski definition) is 3. The van der Waals surface area contributed by atoms with Gasteiger partial charge in [-0.3, -0.25) is 0 Å². The van der Waals surface area contributed by atoms with E-state index in [9.17, 15) is 17.2 Å². The van der Waals surface area contributed by atoms with Crippen molar-refractivity contribution < 1.29 is 17.2 Å². The topological polar surface area (TPSA) is 72.2 Å². The Labute approximate surface area is 86.1 Å². The highest BCUT2D eigenvalue weighted by molar-refractivity contribution is 7.89. The molecule has 0 aliphatic heterocycles. The molecule has 0 aromatic heterocycles. The average molecular weight is 236 g/mol. The van der Waals surface area contributed by atoms with Gasteiger partial charge in [0.25, 0.3) is 10.0 Å². The second-order valence-electron chi connectivity index (χ2n) is 2.83. The third-order valence-corrected chi connectivity index (χ3v) is 2.77. The van der Waals surface area contributed by atoms with Crippen LogP contribution in [0.3, 0.4) is 0 Å². The minimum atomic E-state index is -4.55. The second-order valence-corrected chi connectivity index (χ2v) is 4.56. The van der Waals surface area contributed by atoms with Crippen LogP contribution in [-0.4, -0.2) is 14.2 Å². The fourth-order valence-electron chi connectivity index (χ4n) is 0.937. The summed E-state index contributed by atoms with van der Waals surface area (Å²) in [5.41, 5.74) is 6.32. The number of alkyl halides is 2. The van der Waals surface area contributed by atoms with E-state index in [0.717, 1.165) is 0 Å². The lowest BCUT2D eigenvalue weighted by molar-refractivity contribution is 0.232. The number of anilines is 1. The Balaban J connectivity index is 2.70. The van der Waals surface area contributed by atoms with Gasteiger partial charge in [-0.2, -0.15) is 8.78 Å². The summed E-state index contributed by atoms with van der Waals surface area (Å²) >= 11 is 0. The molecular weight excluding hydrogens is 226 g/mol. The minimum absolute atomic E-state index is 0.237. The average Bonchev–Trinajstić information content (AvgIpc) is 2.16. The van der Waals surface area contributed by atoms with Gasteiger partial charge in [0.15, 0.2) is 0 Å². The first kappa shape index (κ1) is 11.9. The van der Waals surface area contributed by atoms with Gasteiger partial charge in [-0.05, 0) is 11.6 Å². The number of benzene rings is 1. The number of nitrogens with two attached hydrogens (primary N) is 1. The van der Waals surface area contributed by atoms with Crippen LogP contribution in [0.1, 0.15) is 5.56 Å². The summed E-state index contributed by atoms with van der Waals surface area (Å²) in [6.45, 7) is -0.237. The van der Waals surface area contributed by atoms with Crippen molar-refractivity contribution in [2.24, 2.45) is 0 Å². The van der Waals surface area contributed by atoms with E-state index in [1.54, 1.807) is 29.0 Å². The Kier molecular flexibility index (Phi) is 3.59. The quantitative estimate of drug-likeness (QED) is 0.763. The van der Waals surface area contributed by atoms with Gasteiger partial charge in [0.05, 0.1) is 0 Å². The molecule has 0 aliphatic rings. The van der Waals surface area contributed by atoms with Crippen molar-refractivity contribution in [2.75, 3.05) is 5.73 Å². The normalized spacial score (nSPS) is 11.9. The molecule has 0 atom stereocenters. The van der Waals surface area contributed by atoms with E-state index in [1.807, 2.05) is 0 Å². The number of sulfonamides is 1. The molecule has 0 bridgehead atoms. The van der Waals surface area contributed by atoms with Crippen molar-refractivity contribution in [1.29, 1.82) is 0 Å². The van der Waals surface area contributed by atoms with Crippen molar-refractivity contribution in [3.05, 3.63) is 29.8 Å². The van der Waals surface area contributed by atoms with Crippen LogP contribution in [0.15, 0.2) is 24.3 Å². The molecule has 3 N–H and O–H groups in total. The van der Waals surface area contributed by atoms with Crippen LogP contribution in [0.2, 0.25) is 0 Å². The zero-order valence-electron chi connectivity index (χ0n) is 7.65. The van der Waals surface area contributed by atoms with E-state index < -0.39 is 15.8 Å². The maximum absolute atomic E-state index is 11.9. The molecule has 15 heavy (non-hydrogen) atoms. The predicted molar refractivity (Wildman–Crippen MR) is 52.6 cm³/mol. The van der Waals surface area contributed by atoms with Gasteiger partial charge >= 0.3 is 5.76 Å². The third-order valence-electron chi connectivity index (χ3n) is 1.75. The fourth-order valence-corrected chi connectivity index (χ4v) is 1.42. The molecule has 0 heterocycles. The molecule has 0 aliphatic carbocycles. The Morgan fingerprint density at radius 1 is 1.33 bits per heavy atom. The number of halogens is 2. The Morgan fingerprint density at radius 3 is 2.47 bits per heavy atom. The molecule has 84 valence electrons. The lowest BCUT2D eigenvalue weighted by atomic mass is 10.2. The van der Waals surface area contributed by atoms with Crippen LogP contribution < -0.4 is 10.5 Å². The minimum Gasteiger partial charge on any atom is -0.398 e. The number of para-hydroxylation sites is 1.